The highest BCUT2D eigenvalue weighted by molar-refractivity contribution is 9.10. The van der Waals surface area contributed by atoms with Crippen LogP contribution in [0.2, 0.25) is 0 Å². The van der Waals surface area contributed by atoms with Gasteiger partial charge in [0.15, 0.2) is 0 Å². The number of hydrogen-bond acceptors (Lipinski definition) is 7. The molecule has 0 spiro atoms. The fraction of sp³-hybridized carbons (Fsp3) is 0.576. The molecule has 3 saturated carbocycles. The Bertz CT molecular complexity index is 1370. The van der Waals surface area contributed by atoms with Gasteiger partial charge < -0.3 is 26.2 Å². The number of para-hydroxylation sites is 1. The van der Waals surface area contributed by atoms with Crippen molar-refractivity contribution >= 4 is 27.7 Å². The average Bonchev–Trinajstić information content (AvgIpc) is 3.35. The van der Waals surface area contributed by atoms with Crippen LogP contribution in [0.25, 0.3) is 11.1 Å². The summed E-state index contributed by atoms with van der Waals surface area (Å²) in [7, 11) is 3.20. The topological polar surface area (TPSA) is 126 Å². The van der Waals surface area contributed by atoms with Crippen molar-refractivity contribution in [2.24, 2.45) is 34.8 Å². The minimum absolute atomic E-state index is 0.0848. The molecule has 3 aliphatic carbocycles. The lowest BCUT2D eigenvalue weighted by atomic mass is 9.45. The molecule has 2 aromatic carbocycles. The standard InChI is InChI=1S/C33H45BrN4O5/c1-17-25-13-22(33(25,3)4)14-26(17)37-32(41)29-28(18(2)39)27(15-35)43-38(29)16-19-8-7-9-24(30(19)42-6)20-10-21(31(40)36-5)12-23(34)11-20/h7-12,17-18,22,25-29,39H,13-16,35H2,1-6H3,(H,36,40)(H,37,41)/t17-,18?,22+,25+,26-,27-,28?,29-/m0/s1. The molecule has 1 aliphatic heterocycles. The zero-order chi connectivity index (χ0) is 31.2. The molecule has 2 aromatic rings. The summed E-state index contributed by atoms with van der Waals surface area (Å²) in [6.45, 7) is 9.04. The molecule has 9 nitrogen and oxygen atoms in total. The lowest BCUT2D eigenvalue weighted by molar-refractivity contribution is -0.175. The number of benzene rings is 2. The van der Waals surface area contributed by atoms with Crippen molar-refractivity contribution in [3.05, 3.63) is 52.0 Å². The van der Waals surface area contributed by atoms with E-state index >= 15 is 0 Å². The summed E-state index contributed by atoms with van der Waals surface area (Å²) in [6, 6.07) is 10.7. The summed E-state index contributed by atoms with van der Waals surface area (Å²) in [5.74, 6) is 1.34. The normalized spacial score (nSPS) is 30.3. The highest BCUT2D eigenvalue weighted by Gasteiger charge is 2.57. The molecule has 43 heavy (non-hydrogen) atoms. The number of nitrogens with zero attached hydrogens (tertiary/aromatic N) is 1. The number of halogens is 1. The maximum Gasteiger partial charge on any atom is 0.251 e. The molecular weight excluding hydrogens is 612 g/mol. The molecule has 2 bridgehead atoms. The molecule has 2 amide bonds. The van der Waals surface area contributed by atoms with Crippen LogP contribution >= 0.6 is 15.9 Å². The van der Waals surface area contributed by atoms with E-state index in [2.05, 4.69) is 47.3 Å². The van der Waals surface area contributed by atoms with E-state index in [1.54, 1.807) is 32.2 Å². The number of carbonyl (C=O) groups excluding carboxylic acids is 2. The first-order chi connectivity index (χ1) is 20.4. The number of aliphatic hydroxyl groups excluding tert-OH is 1. The minimum atomic E-state index is -0.802. The van der Waals surface area contributed by atoms with Gasteiger partial charge in [-0.1, -0.05) is 54.9 Å². The number of nitrogens with one attached hydrogen (secondary N) is 2. The van der Waals surface area contributed by atoms with Gasteiger partial charge in [0.05, 0.1) is 25.9 Å². The van der Waals surface area contributed by atoms with Crippen molar-refractivity contribution in [3.8, 4) is 16.9 Å². The van der Waals surface area contributed by atoms with Gasteiger partial charge in [0, 0.05) is 46.7 Å². The molecule has 2 unspecified atom stereocenters. The van der Waals surface area contributed by atoms with Gasteiger partial charge in [0.25, 0.3) is 5.91 Å². The maximum atomic E-state index is 14.1. The fourth-order valence-electron chi connectivity index (χ4n) is 7.90. The number of amides is 2. The molecule has 6 rings (SSSR count). The third-order valence-electron chi connectivity index (χ3n) is 10.4. The number of hydrogen-bond donors (Lipinski definition) is 4. The number of nitrogens with two attached hydrogens (primary N) is 1. The van der Waals surface area contributed by atoms with Crippen molar-refractivity contribution in [3.63, 3.8) is 0 Å². The first-order valence-corrected chi connectivity index (χ1v) is 16.0. The molecule has 234 valence electrons. The summed E-state index contributed by atoms with van der Waals surface area (Å²) in [6.07, 6.45) is 0.873. The van der Waals surface area contributed by atoms with E-state index in [4.69, 9.17) is 15.3 Å². The van der Waals surface area contributed by atoms with E-state index in [-0.39, 0.29) is 30.9 Å². The van der Waals surface area contributed by atoms with Crippen molar-refractivity contribution in [2.75, 3.05) is 20.7 Å². The molecule has 10 heteroatoms. The molecule has 5 N–H and O–H groups in total. The van der Waals surface area contributed by atoms with Crippen molar-refractivity contribution in [1.82, 2.24) is 15.7 Å². The van der Waals surface area contributed by atoms with E-state index in [1.165, 1.54) is 6.42 Å². The van der Waals surface area contributed by atoms with Gasteiger partial charge in [-0.25, -0.2) is 0 Å². The quantitative estimate of drug-likeness (QED) is 0.320. The second kappa shape index (κ2) is 12.5. The Balaban J connectivity index is 1.44. The summed E-state index contributed by atoms with van der Waals surface area (Å²) in [4.78, 5) is 32.8. The predicted molar refractivity (Wildman–Crippen MR) is 169 cm³/mol. The van der Waals surface area contributed by atoms with Crippen LogP contribution in [0.5, 0.6) is 5.75 Å². The Morgan fingerprint density at radius 2 is 2.00 bits per heavy atom. The van der Waals surface area contributed by atoms with E-state index in [1.807, 2.05) is 30.3 Å². The fourth-order valence-corrected chi connectivity index (χ4v) is 8.39. The van der Waals surface area contributed by atoms with Crippen molar-refractivity contribution < 1.29 is 24.3 Å². The third-order valence-corrected chi connectivity index (χ3v) is 10.9. The Morgan fingerprint density at radius 1 is 1.26 bits per heavy atom. The third kappa shape index (κ3) is 5.84. The van der Waals surface area contributed by atoms with Crippen LogP contribution in [0.1, 0.15) is 56.5 Å². The monoisotopic (exact) mass is 656 g/mol. The second-order valence-electron chi connectivity index (χ2n) is 13.1. The van der Waals surface area contributed by atoms with Crippen LogP contribution in [0.4, 0.5) is 0 Å². The summed E-state index contributed by atoms with van der Waals surface area (Å²) in [5.41, 5.74) is 9.34. The van der Waals surface area contributed by atoms with E-state index in [0.717, 1.165) is 27.6 Å². The summed E-state index contributed by atoms with van der Waals surface area (Å²) in [5, 5.41) is 18.5. The Labute approximate surface area is 263 Å². The maximum absolute atomic E-state index is 14.1. The molecule has 1 saturated heterocycles. The number of fused-ring (bicyclic) bond motifs is 2. The Morgan fingerprint density at radius 3 is 2.60 bits per heavy atom. The number of methoxy groups -OCH3 is 1. The van der Waals surface area contributed by atoms with Crippen LogP contribution in [0, 0.1) is 29.1 Å². The zero-order valence-electron chi connectivity index (χ0n) is 25.9. The summed E-state index contributed by atoms with van der Waals surface area (Å²) >= 11 is 3.53. The van der Waals surface area contributed by atoms with Crippen LogP contribution < -0.4 is 21.1 Å². The predicted octanol–water partition coefficient (Wildman–Crippen LogP) is 4.11. The Kier molecular flexibility index (Phi) is 9.26. The van der Waals surface area contributed by atoms with Crippen LogP contribution in [0.15, 0.2) is 40.9 Å². The molecule has 4 aliphatic rings. The average molecular weight is 658 g/mol. The Hall–Kier alpha value is -2.50. The molecular formula is C33H45BrN4O5. The SMILES string of the molecule is CNC(=O)c1cc(Br)cc(-c2cccc(CN3O[C@@H](CN)C(C(C)O)[C@H]3C(=O)N[C@H]3C[C@H]4C[C@H]([C@@H]3C)C4(C)C)c2OC)c1. The van der Waals surface area contributed by atoms with Crippen molar-refractivity contribution in [2.45, 2.75) is 71.4 Å². The molecule has 1 heterocycles. The van der Waals surface area contributed by atoms with Crippen LogP contribution in [0.3, 0.4) is 0 Å². The largest absolute Gasteiger partial charge is 0.496 e. The van der Waals surface area contributed by atoms with E-state index in [0.29, 0.717) is 34.5 Å². The lowest BCUT2D eigenvalue weighted by Crippen LogP contribution is -2.62. The number of aliphatic hydroxyl groups is 1. The van der Waals surface area contributed by atoms with Crippen LogP contribution in [-0.4, -0.2) is 67.0 Å². The van der Waals surface area contributed by atoms with Gasteiger partial charge in [0.1, 0.15) is 11.8 Å². The molecule has 8 atom stereocenters. The van der Waals surface area contributed by atoms with Gasteiger partial charge in [0.2, 0.25) is 5.91 Å². The van der Waals surface area contributed by atoms with E-state index < -0.39 is 24.2 Å². The van der Waals surface area contributed by atoms with E-state index in [9.17, 15) is 14.7 Å². The molecule has 4 fully saturated rings. The smallest absolute Gasteiger partial charge is 0.251 e. The second-order valence-corrected chi connectivity index (χ2v) is 14.0. The highest BCUT2D eigenvalue weighted by atomic mass is 79.9. The van der Waals surface area contributed by atoms with Gasteiger partial charge in [-0.15, -0.1) is 0 Å². The number of ether oxygens (including phenoxy) is 1. The first-order valence-electron chi connectivity index (χ1n) is 15.2. The highest BCUT2D eigenvalue weighted by Crippen LogP contribution is 2.61. The van der Waals surface area contributed by atoms with Crippen molar-refractivity contribution in [1.29, 1.82) is 0 Å². The molecule has 0 aromatic heterocycles. The van der Waals surface area contributed by atoms with Gasteiger partial charge in [-0.2, -0.15) is 5.06 Å². The first kappa shape index (κ1) is 31.9. The lowest BCUT2D eigenvalue weighted by Gasteiger charge is -2.62. The zero-order valence-corrected chi connectivity index (χ0v) is 27.5. The van der Waals surface area contributed by atoms with Crippen LogP contribution in [-0.2, 0) is 16.2 Å². The summed E-state index contributed by atoms with van der Waals surface area (Å²) < 4.78 is 6.69. The number of hydroxylamine groups is 2. The number of rotatable bonds is 9. The van der Waals surface area contributed by atoms with Gasteiger partial charge in [-0.3, -0.25) is 14.4 Å². The van der Waals surface area contributed by atoms with Gasteiger partial charge >= 0.3 is 0 Å². The van der Waals surface area contributed by atoms with Gasteiger partial charge in [-0.05, 0) is 66.7 Å². The number of carbonyl (C=O) groups is 2. The minimum Gasteiger partial charge on any atom is -0.496 e. The molecule has 0 radical (unpaired) electrons.